The van der Waals surface area contributed by atoms with Gasteiger partial charge in [0.15, 0.2) is 29.7 Å². The lowest BCUT2D eigenvalue weighted by Crippen LogP contribution is -2.45. The zero-order valence-electron chi connectivity index (χ0n) is 30.9. The zero-order chi connectivity index (χ0) is 36.7. The molecule has 3 aliphatic rings. The summed E-state index contributed by atoms with van der Waals surface area (Å²) in [7, 11) is 0. The van der Waals surface area contributed by atoms with Gasteiger partial charge in [-0.2, -0.15) is 0 Å². The average Bonchev–Trinajstić information content (AvgIpc) is 3.04. The first kappa shape index (κ1) is 36.6. The van der Waals surface area contributed by atoms with Crippen LogP contribution in [0.25, 0.3) is 0 Å². The van der Waals surface area contributed by atoms with Gasteiger partial charge in [-0.1, -0.05) is 70.2 Å². The van der Waals surface area contributed by atoms with Gasteiger partial charge in [-0.15, -0.1) is 0 Å². The number of amides is 1. The lowest BCUT2D eigenvalue weighted by Gasteiger charge is -2.49. The maximum absolute atomic E-state index is 14.4. The molecule has 3 aromatic carbocycles. The number of carbonyl (C=O) groups is 3. The number of allylic oxidation sites excluding steroid dienone is 4. The first-order valence-electron chi connectivity index (χ1n) is 18.0. The highest BCUT2D eigenvalue weighted by atomic mass is 79.9. The Kier molecular flexibility index (Phi) is 10.4. The lowest BCUT2D eigenvalue weighted by molar-refractivity contribution is -0.120. The van der Waals surface area contributed by atoms with Crippen molar-refractivity contribution in [3.8, 4) is 11.5 Å². The van der Waals surface area contributed by atoms with E-state index in [1.54, 1.807) is 0 Å². The van der Waals surface area contributed by atoms with E-state index in [2.05, 4.69) is 78.1 Å². The van der Waals surface area contributed by atoms with Gasteiger partial charge >= 0.3 is 0 Å². The number of anilines is 1. The largest absolute Gasteiger partial charge is 0.490 e. The maximum atomic E-state index is 14.4. The summed E-state index contributed by atoms with van der Waals surface area (Å²) in [6.45, 7) is 15.3. The van der Waals surface area contributed by atoms with Crippen LogP contribution in [0.5, 0.6) is 11.5 Å². The van der Waals surface area contributed by atoms with Crippen molar-refractivity contribution in [1.29, 1.82) is 0 Å². The van der Waals surface area contributed by atoms with Crippen LogP contribution in [0.4, 0.5) is 5.69 Å². The predicted octanol–water partition coefficient (Wildman–Crippen LogP) is 9.41. The molecule has 7 nitrogen and oxygen atoms in total. The Morgan fingerprint density at radius 2 is 1.49 bits per heavy atom. The molecule has 0 saturated heterocycles. The summed E-state index contributed by atoms with van der Waals surface area (Å²) >= 11 is 3.73. The van der Waals surface area contributed by atoms with Gasteiger partial charge < -0.3 is 19.7 Å². The van der Waals surface area contributed by atoms with Crippen molar-refractivity contribution in [2.45, 2.75) is 86.5 Å². The van der Waals surface area contributed by atoms with Gasteiger partial charge in [0.2, 0.25) is 0 Å². The molecule has 1 amide bonds. The Labute approximate surface area is 310 Å². The second kappa shape index (κ2) is 14.5. The smallest absolute Gasteiger partial charge is 0.262 e. The van der Waals surface area contributed by atoms with Crippen LogP contribution < -0.4 is 14.8 Å². The van der Waals surface area contributed by atoms with Crippen molar-refractivity contribution in [2.24, 2.45) is 10.8 Å². The van der Waals surface area contributed by atoms with Crippen LogP contribution in [0.2, 0.25) is 0 Å². The normalized spacial score (nSPS) is 18.4. The standard InChI is InChI=1S/C43H49BrN2O5/c1-8-50-36-20-29(19-30(44)41(36)51-25-37(49)45-31-18-26(2)14-15-27(31)3)38-39-32(21-42(4,5)23-34(39)47)46(17-16-28-12-10-9-11-13-28)33-22-43(6,7)24-35(48)40(33)38/h9-15,18-20,38H,8,16-17,21-25H2,1-7H3,(H,45,49). The van der Waals surface area contributed by atoms with E-state index in [4.69, 9.17) is 9.47 Å². The molecule has 0 unspecified atom stereocenters. The molecule has 0 radical (unpaired) electrons. The van der Waals surface area contributed by atoms with Gasteiger partial charge in [0.1, 0.15) is 0 Å². The number of ether oxygens (including phenoxy) is 2. The summed E-state index contributed by atoms with van der Waals surface area (Å²) in [5.74, 6) is 0.181. The van der Waals surface area contributed by atoms with Gasteiger partial charge in [0, 0.05) is 53.5 Å². The fourth-order valence-electron chi connectivity index (χ4n) is 7.89. The van der Waals surface area contributed by atoms with Gasteiger partial charge in [0.05, 0.1) is 11.1 Å². The lowest BCUT2D eigenvalue weighted by atomic mass is 9.63. The molecule has 1 heterocycles. The highest BCUT2D eigenvalue weighted by molar-refractivity contribution is 9.10. The number of nitrogens with zero attached hydrogens (tertiary/aromatic N) is 1. The third kappa shape index (κ3) is 7.86. The molecule has 268 valence electrons. The van der Waals surface area contributed by atoms with Crippen LogP contribution in [-0.2, 0) is 20.8 Å². The maximum Gasteiger partial charge on any atom is 0.262 e. The van der Waals surface area contributed by atoms with E-state index in [-0.39, 0.29) is 34.9 Å². The minimum absolute atomic E-state index is 0.0812. The molecule has 0 bridgehead atoms. The predicted molar refractivity (Wildman–Crippen MR) is 205 cm³/mol. The number of carbonyl (C=O) groups excluding carboxylic acids is 3. The summed E-state index contributed by atoms with van der Waals surface area (Å²) < 4.78 is 12.8. The van der Waals surface area contributed by atoms with Crippen LogP contribution in [0, 0.1) is 24.7 Å². The number of hydrogen-bond donors (Lipinski definition) is 1. The van der Waals surface area contributed by atoms with Crippen LogP contribution in [0.1, 0.15) is 88.5 Å². The molecule has 51 heavy (non-hydrogen) atoms. The van der Waals surface area contributed by atoms with E-state index in [9.17, 15) is 14.4 Å². The van der Waals surface area contributed by atoms with Crippen molar-refractivity contribution in [1.82, 2.24) is 4.90 Å². The fourth-order valence-corrected chi connectivity index (χ4v) is 8.46. The SMILES string of the molecule is CCOc1cc(C2C3=C(CC(C)(C)CC3=O)N(CCc3ccccc3)C3=C2C(=O)CC(C)(C)C3)cc(Br)c1OCC(=O)Nc1cc(C)ccc1C. The molecule has 6 rings (SSSR count). The average molecular weight is 754 g/mol. The van der Waals surface area contributed by atoms with E-state index < -0.39 is 5.92 Å². The Morgan fingerprint density at radius 1 is 0.863 bits per heavy atom. The second-order valence-electron chi connectivity index (χ2n) is 15.8. The molecule has 0 spiro atoms. The molecule has 1 N–H and O–H groups in total. The number of ketones is 2. The van der Waals surface area contributed by atoms with Crippen LogP contribution in [0.3, 0.4) is 0 Å². The van der Waals surface area contributed by atoms with Crippen molar-refractivity contribution in [3.05, 3.63) is 110 Å². The summed E-state index contributed by atoms with van der Waals surface area (Å²) in [6.07, 6.45) is 3.09. The minimum Gasteiger partial charge on any atom is -0.490 e. The summed E-state index contributed by atoms with van der Waals surface area (Å²) in [5, 5.41) is 2.95. The molecule has 1 aliphatic heterocycles. The van der Waals surface area contributed by atoms with Gasteiger partial charge in [-0.25, -0.2) is 0 Å². The molecular weight excluding hydrogens is 704 g/mol. The number of Topliss-reactive ketones (excluding diaryl/α,β-unsaturated/α-hetero) is 2. The summed E-state index contributed by atoms with van der Waals surface area (Å²) in [5.41, 5.74) is 7.81. The second-order valence-corrected chi connectivity index (χ2v) is 16.7. The summed E-state index contributed by atoms with van der Waals surface area (Å²) in [4.78, 5) is 44.1. The van der Waals surface area contributed by atoms with Crippen LogP contribution >= 0.6 is 15.9 Å². The van der Waals surface area contributed by atoms with Gasteiger partial charge in [-0.05, 0) is 107 Å². The van der Waals surface area contributed by atoms with E-state index in [1.807, 2.05) is 57.2 Å². The van der Waals surface area contributed by atoms with Crippen molar-refractivity contribution < 1.29 is 23.9 Å². The first-order valence-corrected chi connectivity index (χ1v) is 18.8. The van der Waals surface area contributed by atoms with E-state index in [0.717, 1.165) is 53.0 Å². The monoisotopic (exact) mass is 752 g/mol. The zero-order valence-corrected chi connectivity index (χ0v) is 32.5. The van der Waals surface area contributed by atoms with E-state index in [0.29, 0.717) is 53.1 Å². The number of rotatable bonds is 10. The van der Waals surface area contributed by atoms with Crippen LogP contribution in [0.15, 0.2) is 87.7 Å². The fraction of sp³-hybridized carbons (Fsp3) is 0.419. The number of hydrogen-bond acceptors (Lipinski definition) is 6. The van der Waals surface area contributed by atoms with Crippen molar-refractivity contribution >= 4 is 39.1 Å². The van der Waals surface area contributed by atoms with E-state index in [1.165, 1.54) is 5.56 Å². The molecule has 3 aromatic rings. The summed E-state index contributed by atoms with van der Waals surface area (Å²) in [6, 6.07) is 20.1. The molecule has 2 aliphatic carbocycles. The number of aryl methyl sites for hydroxylation is 2. The quantitative estimate of drug-likeness (QED) is 0.222. The minimum atomic E-state index is -0.535. The first-order chi connectivity index (χ1) is 24.2. The Morgan fingerprint density at radius 3 is 2.10 bits per heavy atom. The number of halogens is 1. The van der Waals surface area contributed by atoms with E-state index >= 15 is 0 Å². The Balaban J connectivity index is 1.41. The van der Waals surface area contributed by atoms with Crippen LogP contribution in [-0.4, -0.2) is 42.1 Å². The third-order valence-corrected chi connectivity index (χ3v) is 10.8. The van der Waals surface area contributed by atoms with Crippen molar-refractivity contribution in [2.75, 3.05) is 25.1 Å². The highest BCUT2D eigenvalue weighted by Gasteiger charge is 2.49. The van der Waals surface area contributed by atoms with Gasteiger partial charge in [0.25, 0.3) is 5.91 Å². The highest BCUT2D eigenvalue weighted by Crippen LogP contribution is 2.55. The van der Waals surface area contributed by atoms with Crippen molar-refractivity contribution in [3.63, 3.8) is 0 Å². The Bertz CT molecular complexity index is 1890. The number of benzene rings is 3. The topological polar surface area (TPSA) is 84.9 Å². The molecule has 0 fully saturated rings. The molecule has 0 atom stereocenters. The third-order valence-electron chi connectivity index (χ3n) is 10.2. The molecular formula is C43H49BrN2O5. The van der Waals surface area contributed by atoms with Gasteiger partial charge in [-0.3, -0.25) is 14.4 Å². The molecule has 8 heteroatoms. The molecule has 0 aromatic heterocycles. The Hall–Kier alpha value is -4.17. The number of nitrogens with one attached hydrogen (secondary N) is 1. The molecule has 0 saturated carbocycles.